The Balaban J connectivity index is 1.89. The standard InChI is InChI=1S/C11H19NO4S/c13-7-10-2-1-4-12(10)11(14)6-9-3-5-17(15,16)8-9/h9-10,13H,1-8H2. The van der Waals surface area contributed by atoms with Crippen LogP contribution in [0.25, 0.3) is 0 Å². The number of rotatable bonds is 3. The van der Waals surface area contributed by atoms with Crippen LogP contribution in [0.5, 0.6) is 0 Å². The lowest BCUT2D eigenvalue weighted by atomic mass is 10.0. The average molecular weight is 261 g/mol. The number of sulfone groups is 1. The molecule has 2 heterocycles. The van der Waals surface area contributed by atoms with Gasteiger partial charge in [0.1, 0.15) is 0 Å². The van der Waals surface area contributed by atoms with E-state index in [1.165, 1.54) is 0 Å². The van der Waals surface area contributed by atoms with Gasteiger partial charge in [-0.1, -0.05) is 0 Å². The molecule has 0 aromatic carbocycles. The van der Waals surface area contributed by atoms with Gasteiger partial charge in [0.25, 0.3) is 0 Å². The molecular weight excluding hydrogens is 242 g/mol. The fraction of sp³-hybridized carbons (Fsp3) is 0.909. The van der Waals surface area contributed by atoms with E-state index in [0.717, 1.165) is 12.8 Å². The Labute approximate surface area is 102 Å². The van der Waals surface area contributed by atoms with Gasteiger partial charge in [-0.3, -0.25) is 4.79 Å². The van der Waals surface area contributed by atoms with Crippen LogP contribution in [0.4, 0.5) is 0 Å². The number of hydrogen-bond acceptors (Lipinski definition) is 4. The van der Waals surface area contributed by atoms with Gasteiger partial charge in [-0.2, -0.15) is 0 Å². The van der Waals surface area contributed by atoms with E-state index < -0.39 is 9.84 Å². The van der Waals surface area contributed by atoms with E-state index in [-0.39, 0.29) is 36.0 Å². The number of aliphatic hydroxyl groups is 1. The minimum atomic E-state index is -2.90. The summed E-state index contributed by atoms with van der Waals surface area (Å²) < 4.78 is 22.6. The molecule has 1 N–H and O–H groups in total. The summed E-state index contributed by atoms with van der Waals surface area (Å²) >= 11 is 0. The predicted octanol–water partition coefficient (Wildman–Crippen LogP) is -0.206. The van der Waals surface area contributed by atoms with Crippen molar-refractivity contribution in [1.82, 2.24) is 4.90 Å². The summed E-state index contributed by atoms with van der Waals surface area (Å²) in [5.41, 5.74) is 0. The van der Waals surface area contributed by atoms with Gasteiger partial charge in [0.05, 0.1) is 24.2 Å². The maximum Gasteiger partial charge on any atom is 0.223 e. The molecular formula is C11H19NO4S. The third-order valence-electron chi connectivity index (χ3n) is 3.70. The van der Waals surface area contributed by atoms with Gasteiger partial charge < -0.3 is 10.0 Å². The summed E-state index contributed by atoms with van der Waals surface area (Å²) in [6.45, 7) is 0.707. The molecule has 0 spiro atoms. The highest BCUT2D eigenvalue weighted by molar-refractivity contribution is 7.91. The molecule has 0 aliphatic carbocycles. The number of aliphatic hydroxyl groups excluding tert-OH is 1. The van der Waals surface area contributed by atoms with E-state index in [1.54, 1.807) is 4.90 Å². The molecule has 0 saturated carbocycles. The highest BCUT2D eigenvalue weighted by Gasteiger charge is 2.33. The fourth-order valence-electron chi connectivity index (χ4n) is 2.75. The molecule has 1 amide bonds. The van der Waals surface area contributed by atoms with Crippen molar-refractivity contribution in [2.24, 2.45) is 5.92 Å². The van der Waals surface area contributed by atoms with Crippen LogP contribution in [0.15, 0.2) is 0 Å². The van der Waals surface area contributed by atoms with Crippen LogP contribution < -0.4 is 0 Å². The van der Waals surface area contributed by atoms with Crippen molar-refractivity contribution >= 4 is 15.7 Å². The van der Waals surface area contributed by atoms with E-state index in [4.69, 9.17) is 5.11 Å². The molecule has 0 bridgehead atoms. The van der Waals surface area contributed by atoms with Crippen molar-refractivity contribution < 1.29 is 18.3 Å². The number of hydrogen-bond donors (Lipinski definition) is 1. The molecule has 98 valence electrons. The van der Waals surface area contributed by atoms with Crippen LogP contribution >= 0.6 is 0 Å². The first-order valence-electron chi connectivity index (χ1n) is 6.12. The quantitative estimate of drug-likeness (QED) is 0.763. The maximum absolute atomic E-state index is 12.0. The Morgan fingerprint density at radius 1 is 1.35 bits per heavy atom. The van der Waals surface area contributed by atoms with Crippen LogP contribution in [-0.4, -0.2) is 55.0 Å². The van der Waals surface area contributed by atoms with Crippen LogP contribution in [0.2, 0.25) is 0 Å². The lowest BCUT2D eigenvalue weighted by Crippen LogP contribution is -2.38. The van der Waals surface area contributed by atoms with Crippen LogP contribution in [0, 0.1) is 5.92 Å². The van der Waals surface area contributed by atoms with Gasteiger partial charge in [0.15, 0.2) is 9.84 Å². The average Bonchev–Trinajstić information content (AvgIpc) is 2.84. The van der Waals surface area contributed by atoms with Crippen LogP contribution in [0.3, 0.4) is 0 Å². The van der Waals surface area contributed by atoms with E-state index in [1.807, 2.05) is 0 Å². The van der Waals surface area contributed by atoms with Gasteiger partial charge in [0, 0.05) is 13.0 Å². The molecule has 0 aromatic rings. The van der Waals surface area contributed by atoms with Gasteiger partial charge in [-0.05, 0) is 25.2 Å². The van der Waals surface area contributed by atoms with Crippen molar-refractivity contribution in [3.8, 4) is 0 Å². The lowest BCUT2D eigenvalue weighted by molar-refractivity contribution is -0.133. The molecule has 17 heavy (non-hydrogen) atoms. The van der Waals surface area contributed by atoms with Gasteiger partial charge in [-0.15, -0.1) is 0 Å². The number of carbonyl (C=O) groups excluding carboxylic acids is 1. The zero-order valence-electron chi connectivity index (χ0n) is 9.84. The van der Waals surface area contributed by atoms with Crippen molar-refractivity contribution in [3.63, 3.8) is 0 Å². The number of carbonyl (C=O) groups is 1. The third-order valence-corrected chi connectivity index (χ3v) is 5.54. The van der Waals surface area contributed by atoms with Crippen LogP contribution in [0.1, 0.15) is 25.7 Å². The fourth-order valence-corrected chi connectivity index (χ4v) is 4.61. The summed E-state index contributed by atoms with van der Waals surface area (Å²) in [6.07, 6.45) is 2.70. The maximum atomic E-state index is 12.0. The largest absolute Gasteiger partial charge is 0.394 e. The smallest absolute Gasteiger partial charge is 0.223 e. The molecule has 0 radical (unpaired) electrons. The molecule has 6 heteroatoms. The van der Waals surface area contributed by atoms with Crippen molar-refractivity contribution in [2.45, 2.75) is 31.7 Å². The van der Waals surface area contributed by atoms with Gasteiger partial charge in [0.2, 0.25) is 5.91 Å². The highest BCUT2D eigenvalue weighted by atomic mass is 32.2. The molecule has 2 aliphatic rings. The molecule has 2 atom stereocenters. The lowest BCUT2D eigenvalue weighted by Gasteiger charge is -2.24. The summed E-state index contributed by atoms with van der Waals surface area (Å²) in [6, 6.07) is -0.0551. The molecule has 2 fully saturated rings. The first-order valence-corrected chi connectivity index (χ1v) is 7.95. The molecule has 2 saturated heterocycles. The number of amides is 1. The molecule has 2 unspecified atom stereocenters. The van der Waals surface area contributed by atoms with E-state index in [9.17, 15) is 13.2 Å². The van der Waals surface area contributed by atoms with Crippen molar-refractivity contribution in [1.29, 1.82) is 0 Å². The van der Waals surface area contributed by atoms with Crippen LogP contribution in [-0.2, 0) is 14.6 Å². The molecule has 0 aromatic heterocycles. The minimum Gasteiger partial charge on any atom is -0.394 e. The predicted molar refractivity (Wildman–Crippen MR) is 63.2 cm³/mol. The second-order valence-corrected chi connectivity index (χ2v) is 7.27. The monoisotopic (exact) mass is 261 g/mol. The summed E-state index contributed by atoms with van der Waals surface area (Å²) in [5.74, 6) is 0.348. The molecule has 2 aliphatic heterocycles. The second kappa shape index (κ2) is 4.94. The van der Waals surface area contributed by atoms with E-state index in [2.05, 4.69) is 0 Å². The highest BCUT2D eigenvalue weighted by Crippen LogP contribution is 2.25. The van der Waals surface area contributed by atoms with E-state index >= 15 is 0 Å². The Morgan fingerprint density at radius 3 is 2.71 bits per heavy atom. The summed E-state index contributed by atoms with van der Waals surface area (Å²) in [5, 5.41) is 9.14. The first-order chi connectivity index (χ1) is 8.02. The molecule has 2 rings (SSSR count). The van der Waals surface area contributed by atoms with Crippen molar-refractivity contribution in [2.75, 3.05) is 24.7 Å². The Bertz CT molecular complexity index is 392. The third kappa shape index (κ3) is 2.98. The Morgan fingerprint density at radius 2 is 2.12 bits per heavy atom. The zero-order valence-corrected chi connectivity index (χ0v) is 10.7. The van der Waals surface area contributed by atoms with E-state index in [0.29, 0.717) is 19.4 Å². The Hall–Kier alpha value is -0.620. The topological polar surface area (TPSA) is 74.7 Å². The second-order valence-electron chi connectivity index (χ2n) is 5.04. The first kappa shape index (κ1) is 12.8. The van der Waals surface area contributed by atoms with Gasteiger partial charge >= 0.3 is 0 Å². The molecule has 5 nitrogen and oxygen atoms in total. The van der Waals surface area contributed by atoms with Gasteiger partial charge in [-0.25, -0.2) is 8.42 Å². The normalized spacial score (nSPS) is 31.9. The minimum absolute atomic E-state index is 0.00338. The summed E-state index contributed by atoms with van der Waals surface area (Å²) in [7, 11) is -2.90. The zero-order chi connectivity index (χ0) is 12.5. The summed E-state index contributed by atoms with van der Waals surface area (Å²) in [4.78, 5) is 13.7. The van der Waals surface area contributed by atoms with Crippen molar-refractivity contribution in [3.05, 3.63) is 0 Å². The Kier molecular flexibility index (Phi) is 3.73. The number of likely N-dealkylation sites (tertiary alicyclic amines) is 1. The number of nitrogens with zero attached hydrogens (tertiary/aromatic N) is 1. The SMILES string of the molecule is O=C(CC1CCS(=O)(=O)C1)N1CCCC1CO.